The van der Waals surface area contributed by atoms with Crippen LogP contribution in [0.4, 0.5) is 5.69 Å². The number of nitrogens with one attached hydrogen (secondary N) is 1. The van der Waals surface area contributed by atoms with E-state index >= 15 is 0 Å². The first-order chi connectivity index (χ1) is 16.6. The molecule has 5 nitrogen and oxygen atoms in total. The molecule has 1 N–H and O–H groups in total. The summed E-state index contributed by atoms with van der Waals surface area (Å²) in [5, 5.41) is 3.82. The second kappa shape index (κ2) is 10.00. The zero-order chi connectivity index (χ0) is 23.5. The van der Waals surface area contributed by atoms with Crippen molar-refractivity contribution in [2.75, 3.05) is 44.2 Å². The number of fused-ring (bicyclic) bond motifs is 3. The molecule has 1 aliphatic heterocycles. The van der Waals surface area contributed by atoms with Crippen molar-refractivity contribution in [2.45, 2.75) is 12.8 Å². The monoisotopic (exact) mass is 473 g/mol. The van der Waals surface area contributed by atoms with Crippen LogP contribution in [0.2, 0.25) is 5.02 Å². The lowest BCUT2D eigenvalue weighted by Gasteiger charge is -2.36. The second-order valence-corrected chi connectivity index (χ2v) is 9.29. The molecule has 5 rings (SSSR count). The van der Waals surface area contributed by atoms with Crippen LogP contribution in [-0.2, 0) is 0 Å². The van der Waals surface area contributed by atoms with Gasteiger partial charge in [-0.3, -0.25) is 14.5 Å². The molecule has 2 aliphatic rings. The Labute approximate surface area is 205 Å². The highest BCUT2D eigenvalue weighted by atomic mass is 35.5. The molecule has 0 saturated carbocycles. The van der Waals surface area contributed by atoms with Crippen molar-refractivity contribution >= 4 is 29.0 Å². The molecule has 0 bridgehead atoms. The van der Waals surface area contributed by atoms with Gasteiger partial charge in [-0.25, -0.2) is 0 Å². The molecule has 1 fully saturated rings. The van der Waals surface area contributed by atoms with Crippen molar-refractivity contribution < 1.29 is 9.59 Å². The van der Waals surface area contributed by atoms with Gasteiger partial charge in [-0.15, -0.1) is 0 Å². The molecule has 174 valence electrons. The molecule has 3 aromatic rings. The van der Waals surface area contributed by atoms with Gasteiger partial charge in [-0.2, -0.15) is 0 Å². The van der Waals surface area contributed by atoms with Crippen LogP contribution in [0.25, 0.3) is 11.1 Å². The van der Waals surface area contributed by atoms with Crippen molar-refractivity contribution in [3.8, 4) is 11.1 Å². The van der Waals surface area contributed by atoms with Crippen molar-refractivity contribution in [3.05, 3.63) is 88.4 Å². The smallest absolute Gasteiger partial charge is 0.251 e. The number of carbonyl (C=O) groups is 2. The zero-order valence-corrected chi connectivity index (χ0v) is 19.9. The average Bonchev–Trinajstić information content (AvgIpc) is 3.16. The van der Waals surface area contributed by atoms with E-state index in [-0.39, 0.29) is 11.7 Å². The minimum absolute atomic E-state index is 0.00474. The fourth-order valence-electron chi connectivity index (χ4n) is 4.85. The van der Waals surface area contributed by atoms with E-state index < -0.39 is 0 Å². The average molecular weight is 474 g/mol. The van der Waals surface area contributed by atoms with Crippen LogP contribution in [0.5, 0.6) is 0 Å². The highest BCUT2D eigenvalue weighted by Crippen LogP contribution is 2.36. The number of amides is 1. The quantitative estimate of drug-likeness (QED) is 0.388. The molecule has 0 spiro atoms. The summed E-state index contributed by atoms with van der Waals surface area (Å²) in [4.78, 5) is 30.1. The molecule has 0 aromatic heterocycles. The highest BCUT2D eigenvalue weighted by molar-refractivity contribution is 6.33. The minimum atomic E-state index is -0.125. The SMILES string of the molecule is O=C(NCCCCN1CCN(c2ccccc2Cl)CC1)c1ccc2c(c1)C(=O)c1ccccc1-2. The van der Waals surface area contributed by atoms with E-state index in [0.29, 0.717) is 23.2 Å². The molecule has 0 atom stereocenters. The van der Waals surface area contributed by atoms with Crippen LogP contribution in [0, 0.1) is 0 Å². The van der Waals surface area contributed by atoms with Crippen LogP contribution >= 0.6 is 11.6 Å². The number of hydrogen-bond donors (Lipinski definition) is 1. The standard InChI is InChI=1S/C28H28ClN3O2/c29-25-9-3-4-10-26(25)32-17-15-31(16-18-32)14-6-5-13-30-28(34)20-11-12-22-21-7-1-2-8-23(21)27(33)24(22)19-20/h1-4,7-12,19H,5-6,13-18H2,(H,30,34). The van der Waals surface area contributed by atoms with Crippen molar-refractivity contribution in [2.24, 2.45) is 0 Å². The molecule has 34 heavy (non-hydrogen) atoms. The first-order valence-corrected chi connectivity index (χ1v) is 12.3. The molecule has 3 aromatic carbocycles. The zero-order valence-electron chi connectivity index (χ0n) is 19.1. The maximum absolute atomic E-state index is 12.7. The van der Waals surface area contributed by atoms with E-state index in [1.807, 2.05) is 54.6 Å². The molecule has 6 heteroatoms. The van der Waals surface area contributed by atoms with Gasteiger partial charge in [0.1, 0.15) is 0 Å². The van der Waals surface area contributed by atoms with Gasteiger partial charge in [0.15, 0.2) is 5.78 Å². The number of rotatable bonds is 7. The van der Waals surface area contributed by atoms with Gasteiger partial charge in [0.2, 0.25) is 0 Å². The Kier molecular flexibility index (Phi) is 6.66. The van der Waals surface area contributed by atoms with Crippen LogP contribution in [0.3, 0.4) is 0 Å². The predicted octanol–water partition coefficient (Wildman–Crippen LogP) is 4.88. The Morgan fingerprint density at radius 2 is 1.53 bits per heavy atom. The molecule has 1 heterocycles. The summed E-state index contributed by atoms with van der Waals surface area (Å²) in [6.45, 7) is 5.64. The lowest BCUT2D eigenvalue weighted by Crippen LogP contribution is -2.46. The number of para-hydroxylation sites is 1. The highest BCUT2D eigenvalue weighted by Gasteiger charge is 2.27. The van der Waals surface area contributed by atoms with E-state index in [2.05, 4.69) is 21.2 Å². The summed E-state index contributed by atoms with van der Waals surface area (Å²) in [5.41, 5.74) is 4.83. The van der Waals surface area contributed by atoms with Gasteiger partial charge in [0, 0.05) is 49.4 Å². The van der Waals surface area contributed by atoms with E-state index in [1.54, 1.807) is 6.07 Å². The summed E-state index contributed by atoms with van der Waals surface area (Å²) in [5.74, 6) is -0.130. The molecule has 0 unspecified atom stereocenters. The Morgan fingerprint density at radius 3 is 2.32 bits per heavy atom. The maximum atomic E-state index is 12.7. The maximum Gasteiger partial charge on any atom is 0.251 e. The van der Waals surface area contributed by atoms with Crippen molar-refractivity contribution in [3.63, 3.8) is 0 Å². The minimum Gasteiger partial charge on any atom is -0.368 e. The second-order valence-electron chi connectivity index (χ2n) is 8.88. The Hall–Kier alpha value is -3.15. The Balaban J connectivity index is 1.05. The third-order valence-electron chi connectivity index (χ3n) is 6.74. The van der Waals surface area contributed by atoms with Gasteiger partial charge in [-0.05, 0) is 54.8 Å². The van der Waals surface area contributed by atoms with Crippen LogP contribution < -0.4 is 10.2 Å². The normalized spacial score (nSPS) is 15.2. The fourth-order valence-corrected chi connectivity index (χ4v) is 5.11. The van der Waals surface area contributed by atoms with Gasteiger partial charge in [0.25, 0.3) is 5.91 Å². The largest absolute Gasteiger partial charge is 0.368 e. The molecular weight excluding hydrogens is 446 g/mol. The topological polar surface area (TPSA) is 52.7 Å². The summed E-state index contributed by atoms with van der Waals surface area (Å²) < 4.78 is 0. The van der Waals surface area contributed by atoms with E-state index in [1.165, 1.54) is 0 Å². The van der Waals surface area contributed by atoms with Gasteiger partial charge >= 0.3 is 0 Å². The number of piperazine rings is 1. The lowest BCUT2D eigenvalue weighted by molar-refractivity contribution is 0.0952. The third-order valence-corrected chi connectivity index (χ3v) is 7.06. The summed E-state index contributed by atoms with van der Waals surface area (Å²) >= 11 is 6.33. The number of nitrogens with zero attached hydrogens (tertiary/aromatic N) is 2. The van der Waals surface area contributed by atoms with Gasteiger partial charge < -0.3 is 10.2 Å². The van der Waals surface area contributed by atoms with Crippen LogP contribution in [0.15, 0.2) is 66.7 Å². The van der Waals surface area contributed by atoms with E-state index in [9.17, 15) is 9.59 Å². The number of benzene rings is 3. The first kappa shape index (κ1) is 22.6. The molecule has 1 saturated heterocycles. The number of hydrogen-bond acceptors (Lipinski definition) is 4. The van der Waals surface area contributed by atoms with Gasteiger partial charge in [-0.1, -0.05) is 54.1 Å². The third kappa shape index (κ3) is 4.59. The fraction of sp³-hybridized carbons (Fsp3) is 0.286. The molecule has 0 radical (unpaired) electrons. The van der Waals surface area contributed by atoms with Crippen molar-refractivity contribution in [1.29, 1.82) is 0 Å². The van der Waals surface area contributed by atoms with Crippen LogP contribution in [-0.4, -0.2) is 55.9 Å². The summed E-state index contributed by atoms with van der Waals surface area (Å²) in [7, 11) is 0. The number of anilines is 1. The van der Waals surface area contributed by atoms with Gasteiger partial charge in [0.05, 0.1) is 10.7 Å². The van der Waals surface area contributed by atoms with E-state index in [4.69, 9.17) is 11.6 Å². The number of ketones is 1. The first-order valence-electron chi connectivity index (χ1n) is 11.9. The lowest BCUT2D eigenvalue weighted by atomic mass is 10.0. The molecule has 1 amide bonds. The Bertz CT molecular complexity index is 1220. The number of unbranched alkanes of at least 4 members (excludes halogenated alkanes) is 1. The number of halogens is 1. The summed E-state index contributed by atoms with van der Waals surface area (Å²) in [6, 6.07) is 21.0. The summed E-state index contributed by atoms with van der Waals surface area (Å²) in [6.07, 6.45) is 1.95. The Morgan fingerprint density at radius 1 is 0.824 bits per heavy atom. The predicted molar refractivity (Wildman–Crippen MR) is 137 cm³/mol. The van der Waals surface area contributed by atoms with E-state index in [0.717, 1.165) is 67.4 Å². The molecular formula is C28H28ClN3O2. The molecule has 1 aliphatic carbocycles. The van der Waals surface area contributed by atoms with Crippen molar-refractivity contribution in [1.82, 2.24) is 10.2 Å². The number of carbonyl (C=O) groups excluding carboxylic acids is 2. The van der Waals surface area contributed by atoms with Crippen LogP contribution in [0.1, 0.15) is 39.1 Å².